The standard InChI is InChI=1S/C24H23N3O4/c25-24(30)21-13-27(19-7-3-4-8-20(19)31-21)22(29)14-26-12-17(28)11-16-10-9-15-5-1-2-6-18(15)23(16)26/h1-10,17,21,28H,11-14H2,(H2,25,30)/t17-,21+/m0/s1. The van der Waals surface area contributed by atoms with E-state index in [4.69, 9.17) is 10.5 Å². The zero-order chi connectivity index (χ0) is 21.5. The first-order valence-corrected chi connectivity index (χ1v) is 10.3. The number of carbonyl (C=O) groups excluding carboxylic acids is 2. The van der Waals surface area contributed by atoms with Crippen molar-refractivity contribution in [1.82, 2.24) is 0 Å². The molecule has 31 heavy (non-hydrogen) atoms. The summed E-state index contributed by atoms with van der Waals surface area (Å²) >= 11 is 0. The van der Waals surface area contributed by atoms with Crippen molar-refractivity contribution in [2.24, 2.45) is 5.73 Å². The summed E-state index contributed by atoms with van der Waals surface area (Å²) in [5.41, 5.74) is 8.07. The number of primary amides is 1. The third kappa shape index (κ3) is 3.47. The summed E-state index contributed by atoms with van der Waals surface area (Å²) in [6, 6.07) is 19.2. The SMILES string of the molecule is NC(=O)[C@H]1CN(C(=O)CN2C[C@@H](O)Cc3ccc4ccccc4c32)c2ccccc2O1. The van der Waals surface area contributed by atoms with Crippen LogP contribution >= 0.6 is 0 Å². The highest BCUT2D eigenvalue weighted by Gasteiger charge is 2.34. The van der Waals surface area contributed by atoms with Crippen LogP contribution in [0.1, 0.15) is 5.56 Å². The first-order valence-electron chi connectivity index (χ1n) is 10.3. The molecule has 0 aliphatic carbocycles. The predicted octanol–water partition coefficient (Wildman–Crippen LogP) is 1.84. The van der Waals surface area contributed by atoms with Gasteiger partial charge in [0.15, 0.2) is 6.10 Å². The quantitative estimate of drug-likeness (QED) is 0.678. The normalized spacial score (nSPS) is 20.0. The molecule has 5 rings (SSSR count). The molecule has 0 saturated carbocycles. The number of hydrogen-bond acceptors (Lipinski definition) is 5. The van der Waals surface area contributed by atoms with Crippen molar-refractivity contribution in [3.05, 3.63) is 66.2 Å². The van der Waals surface area contributed by atoms with Crippen LogP contribution in [0.5, 0.6) is 5.75 Å². The van der Waals surface area contributed by atoms with Crippen molar-refractivity contribution < 1.29 is 19.4 Å². The predicted molar refractivity (Wildman–Crippen MR) is 118 cm³/mol. The molecule has 0 radical (unpaired) electrons. The first-order chi connectivity index (χ1) is 15.0. The largest absolute Gasteiger partial charge is 0.477 e. The Hall–Kier alpha value is -3.58. The number of anilines is 2. The molecule has 0 unspecified atom stereocenters. The number of ether oxygens (including phenoxy) is 1. The van der Waals surface area contributed by atoms with Gasteiger partial charge >= 0.3 is 0 Å². The third-order valence-electron chi connectivity index (χ3n) is 5.91. The molecule has 3 aromatic carbocycles. The van der Waals surface area contributed by atoms with Gasteiger partial charge in [0.1, 0.15) is 5.75 Å². The van der Waals surface area contributed by atoms with E-state index >= 15 is 0 Å². The average molecular weight is 417 g/mol. The molecule has 2 heterocycles. The lowest BCUT2D eigenvalue weighted by Gasteiger charge is -2.38. The lowest BCUT2D eigenvalue weighted by atomic mass is 9.95. The molecule has 2 aliphatic rings. The van der Waals surface area contributed by atoms with Crippen LogP contribution in [0.2, 0.25) is 0 Å². The van der Waals surface area contributed by atoms with Crippen molar-refractivity contribution in [3.63, 3.8) is 0 Å². The second-order valence-electron chi connectivity index (χ2n) is 8.01. The Morgan fingerprint density at radius 2 is 1.81 bits per heavy atom. The molecular weight excluding hydrogens is 394 g/mol. The van der Waals surface area contributed by atoms with E-state index in [1.165, 1.54) is 0 Å². The molecule has 0 fully saturated rings. The molecule has 2 amide bonds. The van der Waals surface area contributed by atoms with Crippen molar-refractivity contribution >= 4 is 34.0 Å². The van der Waals surface area contributed by atoms with E-state index in [2.05, 4.69) is 0 Å². The number of nitrogens with two attached hydrogens (primary N) is 1. The molecule has 3 aromatic rings. The van der Waals surface area contributed by atoms with Crippen LogP contribution in [0, 0.1) is 0 Å². The monoisotopic (exact) mass is 417 g/mol. The fourth-order valence-corrected chi connectivity index (χ4v) is 4.51. The highest BCUT2D eigenvalue weighted by atomic mass is 16.5. The Bertz CT molecular complexity index is 1180. The molecule has 0 spiro atoms. The van der Waals surface area contributed by atoms with Crippen molar-refractivity contribution in [3.8, 4) is 5.75 Å². The van der Waals surface area contributed by atoms with Gasteiger partial charge in [0.05, 0.1) is 24.9 Å². The number of carbonyl (C=O) groups is 2. The molecule has 2 atom stereocenters. The molecule has 2 aliphatic heterocycles. The van der Waals surface area contributed by atoms with Gasteiger partial charge in [0.2, 0.25) is 5.91 Å². The van der Waals surface area contributed by atoms with Crippen LogP contribution in [0.25, 0.3) is 10.8 Å². The lowest BCUT2D eigenvalue weighted by molar-refractivity contribution is -0.125. The Balaban J connectivity index is 1.50. The highest BCUT2D eigenvalue weighted by Crippen LogP contribution is 2.36. The Morgan fingerprint density at radius 3 is 2.65 bits per heavy atom. The lowest BCUT2D eigenvalue weighted by Crippen LogP contribution is -2.52. The maximum Gasteiger partial charge on any atom is 0.260 e. The Labute approximate surface area is 179 Å². The van der Waals surface area contributed by atoms with Gasteiger partial charge < -0.3 is 25.4 Å². The van der Waals surface area contributed by atoms with Gasteiger partial charge in [-0.25, -0.2) is 0 Å². The fourth-order valence-electron chi connectivity index (χ4n) is 4.51. The minimum absolute atomic E-state index is 0.0595. The van der Waals surface area contributed by atoms with E-state index in [1.54, 1.807) is 23.1 Å². The number of β-amino-alcohol motifs (C(OH)–C–C–N with tert-alkyl or cyclic N) is 1. The minimum Gasteiger partial charge on any atom is -0.477 e. The molecule has 158 valence electrons. The minimum atomic E-state index is -0.904. The van der Waals surface area contributed by atoms with Crippen LogP contribution in [0.4, 0.5) is 11.4 Å². The summed E-state index contributed by atoms with van der Waals surface area (Å²) in [4.78, 5) is 28.7. The maximum atomic E-state index is 13.4. The number of aliphatic hydroxyl groups excluding tert-OH is 1. The number of amides is 2. The van der Waals surface area contributed by atoms with Gasteiger partial charge in [0, 0.05) is 24.0 Å². The number of aliphatic hydroxyl groups is 1. The Kier molecular flexibility index (Phi) is 4.75. The van der Waals surface area contributed by atoms with Gasteiger partial charge in [-0.1, -0.05) is 48.5 Å². The van der Waals surface area contributed by atoms with Crippen LogP contribution in [-0.2, 0) is 16.0 Å². The zero-order valence-corrected chi connectivity index (χ0v) is 16.9. The van der Waals surface area contributed by atoms with E-state index in [1.807, 2.05) is 47.4 Å². The molecule has 7 heteroatoms. The molecule has 0 aromatic heterocycles. The fraction of sp³-hybridized carbons (Fsp3) is 0.250. The Morgan fingerprint density at radius 1 is 1.03 bits per heavy atom. The van der Waals surface area contributed by atoms with E-state index in [0.717, 1.165) is 22.0 Å². The number of rotatable bonds is 3. The van der Waals surface area contributed by atoms with E-state index in [-0.39, 0.29) is 19.0 Å². The van der Waals surface area contributed by atoms with E-state index in [0.29, 0.717) is 24.4 Å². The van der Waals surface area contributed by atoms with Gasteiger partial charge in [-0.3, -0.25) is 9.59 Å². The molecule has 7 nitrogen and oxygen atoms in total. The number of nitrogens with zero attached hydrogens (tertiary/aromatic N) is 2. The smallest absolute Gasteiger partial charge is 0.260 e. The number of benzene rings is 3. The molecule has 0 saturated heterocycles. The van der Waals surface area contributed by atoms with Crippen molar-refractivity contribution in [2.75, 3.05) is 29.4 Å². The second-order valence-corrected chi connectivity index (χ2v) is 8.01. The van der Waals surface area contributed by atoms with Crippen molar-refractivity contribution in [2.45, 2.75) is 18.6 Å². The van der Waals surface area contributed by atoms with Crippen molar-refractivity contribution in [1.29, 1.82) is 0 Å². The average Bonchev–Trinajstić information content (AvgIpc) is 2.77. The van der Waals surface area contributed by atoms with Gasteiger partial charge in [-0.15, -0.1) is 0 Å². The maximum absolute atomic E-state index is 13.4. The van der Waals surface area contributed by atoms with Gasteiger partial charge in [-0.2, -0.15) is 0 Å². The zero-order valence-electron chi connectivity index (χ0n) is 16.9. The summed E-state index contributed by atoms with van der Waals surface area (Å²) in [7, 11) is 0. The van der Waals surface area contributed by atoms with Crippen LogP contribution in [0.15, 0.2) is 60.7 Å². The van der Waals surface area contributed by atoms with E-state index < -0.39 is 18.1 Å². The summed E-state index contributed by atoms with van der Waals surface area (Å²) < 4.78 is 5.67. The van der Waals surface area contributed by atoms with Crippen LogP contribution < -0.4 is 20.3 Å². The first kappa shape index (κ1) is 19.4. The molecular formula is C24H23N3O4. The topological polar surface area (TPSA) is 96.1 Å². The van der Waals surface area contributed by atoms with E-state index in [9.17, 15) is 14.7 Å². The molecule has 0 bridgehead atoms. The summed E-state index contributed by atoms with van der Waals surface area (Å²) in [5, 5.41) is 12.6. The summed E-state index contributed by atoms with van der Waals surface area (Å²) in [5.74, 6) is -0.345. The van der Waals surface area contributed by atoms with Crippen LogP contribution in [0.3, 0.4) is 0 Å². The summed E-state index contributed by atoms with van der Waals surface area (Å²) in [6.07, 6.45) is -0.912. The van der Waals surface area contributed by atoms with Gasteiger partial charge in [-0.05, 0) is 23.1 Å². The highest BCUT2D eigenvalue weighted by molar-refractivity contribution is 6.02. The number of para-hydroxylation sites is 2. The number of fused-ring (bicyclic) bond motifs is 4. The number of hydrogen-bond donors (Lipinski definition) is 2. The third-order valence-corrected chi connectivity index (χ3v) is 5.91. The summed E-state index contributed by atoms with van der Waals surface area (Å²) in [6.45, 7) is 0.486. The van der Waals surface area contributed by atoms with Gasteiger partial charge in [0.25, 0.3) is 5.91 Å². The second kappa shape index (κ2) is 7.59. The molecule has 3 N–H and O–H groups in total. The van der Waals surface area contributed by atoms with Crippen LogP contribution in [-0.4, -0.2) is 48.8 Å².